The number of benzene rings is 1. The molecule has 92 valence electrons. The summed E-state index contributed by atoms with van der Waals surface area (Å²) >= 11 is 1.81. The van der Waals surface area contributed by atoms with Gasteiger partial charge >= 0.3 is 5.97 Å². The van der Waals surface area contributed by atoms with E-state index in [2.05, 4.69) is 5.16 Å². The van der Waals surface area contributed by atoms with Crippen LogP contribution in [0.25, 0.3) is 11.3 Å². The van der Waals surface area contributed by atoms with Crippen molar-refractivity contribution in [3.8, 4) is 11.3 Å². The van der Waals surface area contributed by atoms with Crippen molar-refractivity contribution in [2.24, 2.45) is 0 Å². The van der Waals surface area contributed by atoms with Gasteiger partial charge in [0.05, 0.1) is 0 Å². The fourth-order valence-corrected chi connectivity index (χ4v) is 2.82. The number of carbonyl (C=O) groups is 1. The molecule has 3 rings (SSSR count). The van der Waals surface area contributed by atoms with E-state index in [1.807, 2.05) is 36.0 Å². The van der Waals surface area contributed by atoms with Gasteiger partial charge in [0.25, 0.3) is 0 Å². The smallest absolute Gasteiger partial charge is 0.358 e. The molecule has 0 spiro atoms. The Bertz CT molecular complexity index is 589. The number of carboxylic acids is 1. The van der Waals surface area contributed by atoms with Crippen molar-refractivity contribution in [3.05, 3.63) is 36.0 Å². The van der Waals surface area contributed by atoms with Crippen LogP contribution in [0, 0.1) is 0 Å². The first-order chi connectivity index (χ1) is 8.74. The molecule has 0 amide bonds. The van der Waals surface area contributed by atoms with E-state index in [0.29, 0.717) is 11.0 Å². The molecule has 1 heterocycles. The molecule has 1 aromatic carbocycles. The molecular weight excluding hydrogens is 250 g/mol. The molecule has 0 saturated heterocycles. The van der Waals surface area contributed by atoms with E-state index in [1.165, 1.54) is 18.9 Å². The molecule has 1 aromatic heterocycles. The van der Waals surface area contributed by atoms with Gasteiger partial charge < -0.3 is 9.63 Å². The van der Waals surface area contributed by atoms with E-state index in [4.69, 9.17) is 9.63 Å². The second-order valence-electron chi connectivity index (χ2n) is 4.19. The number of aromatic nitrogens is 1. The molecule has 4 nitrogen and oxygen atoms in total. The van der Waals surface area contributed by atoms with Crippen molar-refractivity contribution < 1.29 is 14.4 Å². The molecular formula is C13H11NO3S. The van der Waals surface area contributed by atoms with Gasteiger partial charge in [-0.25, -0.2) is 4.79 Å². The fraction of sp³-hybridized carbons (Fsp3) is 0.231. The van der Waals surface area contributed by atoms with E-state index in [0.717, 1.165) is 10.5 Å². The Kier molecular flexibility index (Phi) is 2.83. The van der Waals surface area contributed by atoms with Gasteiger partial charge in [-0.15, -0.1) is 11.8 Å². The Hall–Kier alpha value is -1.75. The number of thioether (sulfide) groups is 1. The molecule has 2 aromatic rings. The molecule has 18 heavy (non-hydrogen) atoms. The first kappa shape index (κ1) is 11.3. The van der Waals surface area contributed by atoms with E-state index in [1.54, 1.807) is 0 Å². The lowest BCUT2D eigenvalue weighted by atomic mass is 10.1. The molecule has 1 saturated carbocycles. The van der Waals surface area contributed by atoms with Crippen molar-refractivity contribution in [1.29, 1.82) is 0 Å². The van der Waals surface area contributed by atoms with Crippen molar-refractivity contribution in [2.75, 3.05) is 0 Å². The number of aromatic carboxylic acids is 1. The van der Waals surface area contributed by atoms with Crippen LogP contribution in [0.3, 0.4) is 0 Å². The third-order valence-electron chi connectivity index (χ3n) is 2.70. The van der Waals surface area contributed by atoms with Crippen LogP contribution >= 0.6 is 11.8 Å². The molecule has 1 aliphatic carbocycles. The van der Waals surface area contributed by atoms with Gasteiger partial charge in [-0.05, 0) is 25.0 Å². The van der Waals surface area contributed by atoms with Gasteiger partial charge in [0.1, 0.15) is 0 Å². The van der Waals surface area contributed by atoms with Crippen molar-refractivity contribution in [2.45, 2.75) is 23.0 Å². The van der Waals surface area contributed by atoms with Crippen molar-refractivity contribution in [3.63, 3.8) is 0 Å². The normalized spacial score (nSPS) is 14.7. The van der Waals surface area contributed by atoms with E-state index in [-0.39, 0.29) is 5.69 Å². The maximum absolute atomic E-state index is 10.8. The van der Waals surface area contributed by atoms with Gasteiger partial charge in [-0.2, -0.15) is 0 Å². The quantitative estimate of drug-likeness (QED) is 0.914. The minimum absolute atomic E-state index is 0.0591. The van der Waals surface area contributed by atoms with Crippen LogP contribution in [-0.2, 0) is 0 Å². The lowest BCUT2D eigenvalue weighted by Crippen LogP contribution is -1.94. The largest absolute Gasteiger partial charge is 0.476 e. The Morgan fingerprint density at radius 2 is 2.17 bits per heavy atom. The average Bonchev–Trinajstić information content (AvgIpc) is 3.04. The molecule has 1 aliphatic rings. The highest BCUT2D eigenvalue weighted by atomic mass is 32.2. The molecule has 0 bridgehead atoms. The summed E-state index contributed by atoms with van der Waals surface area (Å²) in [6.07, 6.45) is 2.49. The minimum atomic E-state index is -1.07. The number of hydrogen-bond acceptors (Lipinski definition) is 4. The highest BCUT2D eigenvalue weighted by Crippen LogP contribution is 2.42. The van der Waals surface area contributed by atoms with Crippen LogP contribution < -0.4 is 0 Å². The lowest BCUT2D eigenvalue weighted by Gasteiger charge is -2.04. The summed E-state index contributed by atoms with van der Waals surface area (Å²) in [6, 6.07) is 9.31. The Morgan fingerprint density at radius 1 is 1.39 bits per heavy atom. The first-order valence-corrected chi connectivity index (χ1v) is 6.58. The summed E-state index contributed by atoms with van der Waals surface area (Å²) in [5.74, 6) is -0.562. The summed E-state index contributed by atoms with van der Waals surface area (Å²) in [4.78, 5) is 11.9. The fourth-order valence-electron chi connectivity index (χ4n) is 1.64. The summed E-state index contributed by atoms with van der Waals surface area (Å²) in [5, 5.41) is 13.1. The highest BCUT2D eigenvalue weighted by molar-refractivity contribution is 8.00. The Morgan fingerprint density at radius 3 is 2.83 bits per heavy atom. The minimum Gasteiger partial charge on any atom is -0.476 e. The van der Waals surface area contributed by atoms with Crippen molar-refractivity contribution in [1.82, 2.24) is 5.16 Å². The number of carboxylic acid groups (broad SMARTS) is 1. The third kappa shape index (κ3) is 2.26. The molecule has 0 aliphatic heterocycles. The molecule has 1 N–H and O–H groups in total. The van der Waals surface area contributed by atoms with Crippen LogP contribution in [0.2, 0.25) is 0 Å². The highest BCUT2D eigenvalue weighted by Gasteiger charge is 2.24. The second-order valence-corrected chi connectivity index (χ2v) is 5.54. The molecule has 0 atom stereocenters. The number of nitrogens with zero attached hydrogens (tertiary/aromatic N) is 1. The maximum atomic E-state index is 10.8. The number of rotatable bonds is 4. The van der Waals surface area contributed by atoms with E-state index in [9.17, 15) is 4.79 Å². The Balaban J connectivity index is 1.96. The first-order valence-electron chi connectivity index (χ1n) is 5.70. The molecule has 0 radical (unpaired) electrons. The van der Waals surface area contributed by atoms with Gasteiger partial charge in [0.15, 0.2) is 11.5 Å². The summed E-state index contributed by atoms with van der Waals surface area (Å²) in [6.45, 7) is 0. The van der Waals surface area contributed by atoms with Gasteiger partial charge in [0, 0.05) is 21.8 Å². The monoisotopic (exact) mass is 261 g/mol. The lowest BCUT2D eigenvalue weighted by molar-refractivity contribution is 0.0686. The van der Waals surface area contributed by atoms with Crippen LogP contribution in [0.15, 0.2) is 39.8 Å². The summed E-state index contributed by atoms with van der Waals surface area (Å²) < 4.78 is 5.11. The zero-order valence-corrected chi connectivity index (χ0v) is 10.3. The summed E-state index contributed by atoms with van der Waals surface area (Å²) in [5.41, 5.74) is 0.852. The SMILES string of the molecule is O=C(O)c1cc(-c2ccccc2SC2CC2)on1. The van der Waals surface area contributed by atoms with Gasteiger partial charge in [-0.3, -0.25) is 0 Å². The van der Waals surface area contributed by atoms with Crippen LogP contribution in [-0.4, -0.2) is 21.5 Å². The predicted octanol–water partition coefficient (Wildman–Crippen LogP) is 3.29. The standard InChI is InChI=1S/C13H11NO3S/c15-13(16)10-7-11(17-14-10)9-3-1-2-4-12(9)18-8-5-6-8/h1-4,7-8H,5-6H2,(H,15,16). The van der Waals surface area contributed by atoms with E-state index < -0.39 is 5.97 Å². The third-order valence-corrected chi connectivity index (χ3v) is 4.11. The molecule has 0 unspecified atom stereocenters. The van der Waals surface area contributed by atoms with Crippen LogP contribution in [0.1, 0.15) is 23.3 Å². The van der Waals surface area contributed by atoms with Crippen LogP contribution in [0.5, 0.6) is 0 Å². The molecule has 5 heteroatoms. The zero-order chi connectivity index (χ0) is 12.5. The predicted molar refractivity (Wildman–Crippen MR) is 67.8 cm³/mol. The average molecular weight is 261 g/mol. The van der Waals surface area contributed by atoms with Crippen LogP contribution in [0.4, 0.5) is 0 Å². The van der Waals surface area contributed by atoms with Crippen molar-refractivity contribution >= 4 is 17.7 Å². The number of hydrogen-bond donors (Lipinski definition) is 1. The maximum Gasteiger partial charge on any atom is 0.358 e. The summed E-state index contributed by atoms with van der Waals surface area (Å²) in [7, 11) is 0. The Labute approximate surface area is 108 Å². The zero-order valence-electron chi connectivity index (χ0n) is 9.50. The van der Waals surface area contributed by atoms with Gasteiger partial charge in [-0.1, -0.05) is 17.3 Å². The topological polar surface area (TPSA) is 63.3 Å². The van der Waals surface area contributed by atoms with E-state index >= 15 is 0 Å². The van der Waals surface area contributed by atoms with Gasteiger partial charge in [0.2, 0.25) is 0 Å². The second kappa shape index (κ2) is 4.49. The molecule has 1 fully saturated rings.